The highest BCUT2D eigenvalue weighted by Crippen LogP contribution is 2.47. The monoisotopic (exact) mass is 597 g/mol. The second kappa shape index (κ2) is 13.4. The van der Waals surface area contributed by atoms with Gasteiger partial charge in [-0.1, -0.05) is 6.08 Å². The number of phosphoric ester groups is 1. The molecule has 0 fully saturated rings. The van der Waals surface area contributed by atoms with Crippen molar-refractivity contribution < 1.29 is 32.4 Å². The molecule has 222 valence electrons. The number of rotatable bonds is 12. The van der Waals surface area contributed by atoms with Crippen LogP contribution in [0.1, 0.15) is 20.1 Å². The number of anilines is 1. The summed E-state index contributed by atoms with van der Waals surface area (Å²) in [6.45, 7) is 3.78. The van der Waals surface area contributed by atoms with Crippen molar-refractivity contribution in [3.8, 4) is 28.0 Å². The van der Waals surface area contributed by atoms with E-state index in [4.69, 9.17) is 13.8 Å². The molecule has 2 N–H and O–H groups in total. The fourth-order valence-electron chi connectivity index (χ4n) is 4.31. The Morgan fingerprint density at radius 3 is 2.67 bits per heavy atom. The molecule has 11 nitrogen and oxygen atoms in total. The lowest BCUT2D eigenvalue weighted by Gasteiger charge is -2.18. The number of hydrogen-bond donors (Lipinski definition) is 2. The van der Waals surface area contributed by atoms with E-state index in [0.29, 0.717) is 51.3 Å². The standard InChI is InChI=1S/C29H33FN5O6P/c1-6-40-42(37,38)41-19(2)35-18-26(20-9-10-31-27(30)15-20)25-14-22(17-32-29(25)35)21-12-23(16-24(13-21)39-5)33-28(36)8-7-11-34(3)4/h7-10,12-19H,6,11H2,1-5H3,(H,33,36)(H,37,38). The van der Waals surface area contributed by atoms with Crippen LogP contribution in [0.4, 0.5) is 10.1 Å². The van der Waals surface area contributed by atoms with Crippen molar-refractivity contribution in [1.82, 2.24) is 19.4 Å². The number of aromatic nitrogens is 3. The summed E-state index contributed by atoms with van der Waals surface area (Å²) in [5.74, 6) is -0.428. The molecule has 0 spiro atoms. The zero-order valence-electron chi connectivity index (χ0n) is 23.9. The van der Waals surface area contributed by atoms with Crippen molar-refractivity contribution in [2.75, 3.05) is 39.7 Å². The Hall–Kier alpha value is -3.93. The number of ether oxygens (including phenoxy) is 1. The van der Waals surface area contributed by atoms with Crippen LogP contribution in [-0.4, -0.2) is 64.6 Å². The minimum Gasteiger partial charge on any atom is -0.497 e. The van der Waals surface area contributed by atoms with Gasteiger partial charge in [0.1, 0.15) is 17.6 Å². The lowest BCUT2D eigenvalue weighted by molar-refractivity contribution is -0.111. The molecule has 1 aromatic carbocycles. The molecule has 3 aromatic heterocycles. The van der Waals surface area contributed by atoms with Crippen molar-refractivity contribution >= 4 is 30.5 Å². The minimum absolute atomic E-state index is 0.00850. The molecule has 0 saturated carbocycles. The highest BCUT2D eigenvalue weighted by Gasteiger charge is 2.26. The highest BCUT2D eigenvalue weighted by atomic mass is 31.2. The number of nitrogens with zero attached hydrogens (tertiary/aromatic N) is 4. The zero-order valence-corrected chi connectivity index (χ0v) is 24.8. The van der Waals surface area contributed by atoms with Crippen molar-refractivity contribution in [2.45, 2.75) is 20.1 Å². The van der Waals surface area contributed by atoms with Gasteiger partial charge in [-0.05, 0) is 63.3 Å². The Labute approximate surface area is 243 Å². The third kappa shape index (κ3) is 7.67. The summed E-state index contributed by atoms with van der Waals surface area (Å²) in [5.41, 5.74) is 3.47. The predicted octanol–water partition coefficient (Wildman–Crippen LogP) is 5.64. The SMILES string of the molecule is CCOP(=O)(O)OC(C)n1cc(-c2ccnc(F)c2)c2cc(-c3cc(NC(=O)C=CCN(C)C)cc(OC)c3)cnc21. The number of benzene rings is 1. The fourth-order valence-corrected chi connectivity index (χ4v) is 5.19. The topological polar surface area (TPSA) is 128 Å². The number of methoxy groups -OCH3 is 1. The number of pyridine rings is 2. The summed E-state index contributed by atoms with van der Waals surface area (Å²) in [5, 5.41) is 3.48. The Balaban J connectivity index is 1.78. The molecule has 0 saturated heterocycles. The Morgan fingerprint density at radius 2 is 1.98 bits per heavy atom. The van der Waals surface area contributed by atoms with E-state index in [2.05, 4.69) is 15.3 Å². The highest BCUT2D eigenvalue weighted by molar-refractivity contribution is 7.47. The fraction of sp³-hybridized carbons (Fsp3) is 0.276. The van der Waals surface area contributed by atoms with Gasteiger partial charge in [-0.3, -0.25) is 13.8 Å². The van der Waals surface area contributed by atoms with Crippen LogP contribution in [0.5, 0.6) is 5.75 Å². The molecule has 4 rings (SSSR count). The number of nitrogens with one attached hydrogen (secondary N) is 1. The maximum absolute atomic E-state index is 14.1. The van der Waals surface area contributed by atoms with Crippen LogP contribution in [0.25, 0.3) is 33.3 Å². The molecule has 0 aliphatic carbocycles. The Kier molecular flexibility index (Phi) is 9.87. The van der Waals surface area contributed by atoms with E-state index in [9.17, 15) is 18.6 Å². The molecule has 3 heterocycles. The van der Waals surface area contributed by atoms with Gasteiger partial charge in [0.2, 0.25) is 11.9 Å². The molecule has 13 heteroatoms. The maximum Gasteiger partial charge on any atom is 0.474 e. The van der Waals surface area contributed by atoms with E-state index >= 15 is 0 Å². The normalized spacial score (nSPS) is 13.9. The van der Waals surface area contributed by atoms with E-state index in [-0.39, 0.29) is 12.5 Å². The third-order valence-corrected chi connectivity index (χ3v) is 7.32. The largest absolute Gasteiger partial charge is 0.497 e. The van der Waals surface area contributed by atoms with E-state index in [1.165, 1.54) is 25.4 Å². The number of carbonyl (C=O) groups excluding carboxylic acids is 1. The van der Waals surface area contributed by atoms with Crippen molar-refractivity contribution in [3.63, 3.8) is 0 Å². The van der Waals surface area contributed by atoms with Gasteiger partial charge in [-0.2, -0.15) is 4.39 Å². The first-order valence-corrected chi connectivity index (χ1v) is 14.6. The molecular weight excluding hydrogens is 564 g/mol. The smallest absolute Gasteiger partial charge is 0.474 e. The minimum atomic E-state index is -4.33. The summed E-state index contributed by atoms with van der Waals surface area (Å²) < 4.78 is 43.7. The van der Waals surface area contributed by atoms with Gasteiger partial charge in [-0.25, -0.2) is 14.5 Å². The quantitative estimate of drug-likeness (QED) is 0.121. The predicted molar refractivity (Wildman–Crippen MR) is 158 cm³/mol. The van der Waals surface area contributed by atoms with Crippen LogP contribution in [-0.2, 0) is 18.4 Å². The average Bonchev–Trinajstić information content (AvgIpc) is 3.31. The first kappa shape index (κ1) is 31.0. The number of hydrogen-bond acceptors (Lipinski definition) is 8. The molecule has 4 aromatic rings. The van der Waals surface area contributed by atoms with Gasteiger partial charge < -0.3 is 24.4 Å². The summed E-state index contributed by atoms with van der Waals surface area (Å²) in [7, 11) is 1.01. The lowest BCUT2D eigenvalue weighted by Crippen LogP contribution is -2.13. The van der Waals surface area contributed by atoms with Crippen LogP contribution in [0.15, 0.2) is 67.1 Å². The number of amides is 1. The van der Waals surface area contributed by atoms with Crippen LogP contribution < -0.4 is 10.1 Å². The van der Waals surface area contributed by atoms with Gasteiger partial charge in [0.05, 0.1) is 13.7 Å². The van der Waals surface area contributed by atoms with Gasteiger partial charge in [0.15, 0.2) is 0 Å². The molecule has 0 radical (unpaired) electrons. The van der Waals surface area contributed by atoms with Crippen molar-refractivity contribution in [1.29, 1.82) is 0 Å². The summed E-state index contributed by atoms with van der Waals surface area (Å²) in [6, 6.07) is 10.1. The van der Waals surface area contributed by atoms with Crippen molar-refractivity contribution in [2.24, 2.45) is 0 Å². The molecule has 42 heavy (non-hydrogen) atoms. The van der Waals surface area contributed by atoms with E-state index in [0.717, 1.165) is 0 Å². The first-order chi connectivity index (χ1) is 20.0. The maximum atomic E-state index is 14.1. The molecule has 1 amide bonds. The Morgan fingerprint density at radius 1 is 1.19 bits per heavy atom. The molecule has 0 aliphatic heterocycles. The van der Waals surface area contributed by atoms with Crippen molar-refractivity contribution in [3.05, 3.63) is 73.1 Å². The van der Waals surface area contributed by atoms with Crippen LogP contribution in [0.3, 0.4) is 0 Å². The summed E-state index contributed by atoms with van der Waals surface area (Å²) in [4.78, 5) is 32.8. The van der Waals surface area contributed by atoms with Crippen LogP contribution >= 0.6 is 7.82 Å². The van der Waals surface area contributed by atoms with Crippen LogP contribution in [0, 0.1) is 5.95 Å². The second-order valence-corrected chi connectivity index (χ2v) is 11.0. The van der Waals surface area contributed by atoms with Gasteiger partial charge in [0.25, 0.3) is 0 Å². The number of carbonyl (C=O) groups is 1. The van der Waals surface area contributed by atoms with Gasteiger partial charge in [0, 0.05) is 65.5 Å². The number of likely N-dealkylation sites (N-methyl/N-ethyl adjacent to an activating group) is 1. The molecular formula is C29H33FN5O6P. The second-order valence-electron chi connectivity index (χ2n) is 9.61. The third-order valence-electron chi connectivity index (χ3n) is 6.16. The average molecular weight is 598 g/mol. The number of halogens is 1. The van der Waals surface area contributed by atoms with E-state index in [1.54, 1.807) is 61.1 Å². The van der Waals surface area contributed by atoms with Gasteiger partial charge in [-0.15, -0.1) is 0 Å². The molecule has 2 atom stereocenters. The number of fused-ring (bicyclic) bond motifs is 1. The van der Waals surface area contributed by atoms with E-state index in [1.807, 2.05) is 25.1 Å². The lowest BCUT2D eigenvalue weighted by atomic mass is 10.0. The Bertz CT molecular complexity index is 1660. The number of phosphoric acid groups is 1. The van der Waals surface area contributed by atoms with E-state index < -0.39 is 20.0 Å². The summed E-state index contributed by atoms with van der Waals surface area (Å²) >= 11 is 0. The summed E-state index contributed by atoms with van der Waals surface area (Å²) in [6.07, 6.45) is 6.93. The zero-order chi connectivity index (χ0) is 30.4. The molecule has 2 unspecified atom stereocenters. The first-order valence-electron chi connectivity index (χ1n) is 13.1. The van der Waals surface area contributed by atoms with Crippen LogP contribution in [0.2, 0.25) is 0 Å². The molecule has 0 aliphatic rings. The van der Waals surface area contributed by atoms with Gasteiger partial charge >= 0.3 is 7.82 Å². The molecule has 0 bridgehead atoms.